The van der Waals surface area contributed by atoms with Crippen LogP contribution in [-0.4, -0.2) is 50.1 Å². The fraction of sp³-hybridized carbons (Fsp3) is 0.812. The van der Waals surface area contributed by atoms with Gasteiger partial charge in [0.2, 0.25) is 11.8 Å². The van der Waals surface area contributed by atoms with Crippen molar-refractivity contribution >= 4 is 17.8 Å². The molecule has 0 saturated carbocycles. The first-order valence-electron chi connectivity index (χ1n) is 7.89. The SMILES string of the molecule is CCC(CC(CC(C)(C)C(=O)NC[N+](C)(C)C)C(=O)[O-])C(N)=O.[Cl-].[Na+]. The normalized spacial score (nSPS) is 13.7. The zero-order valence-corrected chi connectivity index (χ0v) is 19.3. The number of carbonyl (C=O) groups excluding carboxylic acids is 3. The van der Waals surface area contributed by atoms with E-state index >= 15 is 0 Å². The van der Waals surface area contributed by atoms with Gasteiger partial charge in [-0.15, -0.1) is 0 Å². The van der Waals surface area contributed by atoms with E-state index in [-0.39, 0.29) is 60.7 Å². The molecule has 3 N–H and O–H groups in total. The second-order valence-corrected chi connectivity index (χ2v) is 7.80. The molecule has 2 amide bonds. The van der Waals surface area contributed by atoms with Crippen LogP contribution >= 0.6 is 0 Å². The molecule has 0 fully saturated rings. The maximum Gasteiger partial charge on any atom is 1.00 e. The molecule has 0 bridgehead atoms. The van der Waals surface area contributed by atoms with E-state index in [9.17, 15) is 19.5 Å². The van der Waals surface area contributed by atoms with E-state index in [4.69, 9.17) is 5.73 Å². The van der Waals surface area contributed by atoms with Crippen LogP contribution in [0.3, 0.4) is 0 Å². The summed E-state index contributed by atoms with van der Waals surface area (Å²) in [5.41, 5.74) is 4.40. The first kappa shape index (κ1) is 29.4. The summed E-state index contributed by atoms with van der Waals surface area (Å²) in [6, 6.07) is 0. The van der Waals surface area contributed by atoms with Gasteiger partial charge >= 0.3 is 29.6 Å². The quantitative estimate of drug-likeness (QED) is 0.220. The number of carbonyl (C=O) groups is 3. The summed E-state index contributed by atoms with van der Waals surface area (Å²) in [6.07, 6.45) is 0.662. The van der Waals surface area contributed by atoms with E-state index in [0.717, 1.165) is 0 Å². The second kappa shape index (κ2) is 12.1. The Morgan fingerprint density at radius 3 is 1.96 bits per heavy atom. The van der Waals surface area contributed by atoms with Gasteiger partial charge in [0, 0.05) is 23.2 Å². The molecule has 0 aliphatic rings. The molecule has 7 nitrogen and oxygen atoms in total. The second-order valence-electron chi connectivity index (χ2n) is 7.80. The van der Waals surface area contributed by atoms with Gasteiger partial charge < -0.3 is 37.8 Å². The molecule has 0 aliphatic carbocycles. The molecule has 9 heteroatoms. The molecule has 0 aromatic carbocycles. The smallest absolute Gasteiger partial charge is 1.00 e. The van der Waals surface area contributed by atoms with E-state index in [1.165, 1.54) is 0 Å². The van der Waals surface area contributed by atoms with Crippen LogP contribution in [0.2, 0.25) is 0 Å². The minimum absolute atomic E-state index is 0. The monoisotopic (exact) mass is 387 g/mol. The number of hydrogen-bond acceptors (Lipinski definition) is 4. The van der Waals surface area contributed by atoms with Gasteiger partial charge in [-0.3, -0.25) is 9.59 Å². The molecule has 0 aliphatic heterocycles. The summed E-state index contributed by atoms with van der Waals surface area (Å²) in [6.45, 7) is 5.61. The molecular weight excluding hydrogens is 357 g/mol. The predicted octanol–water partition coefficient (Wildman–Crippen LogP) is -6.54. The summed E-state index contributed by atoms with van der Waals surface area (Å²) in [5.74, 6) is -3.41. The van der Waals surface area contributed by atoms with Crippen molar-refractivity contribution in [2.75, 3.05) is 27.8 Å². The zero-order valence-electron chi connectivity index (χ0n) is 16.5. The number of halogens is 1. The number of amides is 2. The molecule has 0 rings (SSSR count). The average molecular weight is 388 g/mol. The van der Waals surface area contributed by atoms with Gasteiger partial charge in [-0.1, -0.05) is 20.8 Å². The zero-order chi connectivity index (χ0) is 18.4. The van der Waals surface area contributed by atoms with Crippen molar-refractivity contribution in [2.24, 2.45) is 23.0 Å². The third-order valence-electron chi connectivity index (χ3n) is 3.88. The van der Waals surface area contributed by atoms with Crippen molar-refractivity contribution in [3.05, 3.63) is 0 Å². The molecule has 0 aromatic heterocycles. The minimum atomic E-state index is -1.25. The van der Waals surface area contributed by atoms with Crippen molar-refractivity contribution in [1.82, 2.24) is 5.32 Å². The third-order valence-corrected chi connectivity index (χ3v) is 3.88. The number of nitrogens with zero attached hydrogens (tertiary/aromatic N) is 1. The number of nitrogens with one attached hydrogen (secondary N) is 1. The average Bonchev–Trinajstić information content (AvgIpc) is 2.38. The molecule has 142 valence electrons. The van der Waals surface area contributed by atoms with Crippen LogP contribution in [0.1, 0.15) is 40.0 Å². The van der Waals surface area contributed by atoms with Crippen LogP contribution in [0.5, 0.6) is 0 Å². The maximum absolute atomic E-state index is 12.3. The van der Waals surface area contributed by atoms with Gasteiger partial charge in [-0.05, 0) is 19.3 Å². The van der Waals surface area contributed by atoms with E-state index in [1.54, 1.807) is 20.8 Å². The Morgan fingerprint density at radius 2 is 1.64 bits per heavy atom. The first-order chi connectivity index (χ1) is 10.3. The molecular formula is C16H31ClN3NaO4. The van der Waals surface area contributed by atoms with Crippen molar-refractivity contribution in [3.63, 3.8) is 0 Å². The fourth-order valence-corrected chi connectivity index (χ4v) is 2.35. The Morgan fingerprint density at radius 1 is 1.16 bits per heavy atom. The summed E-state index contributed by atoms with van der Waals surface area (Å²) in [4.78, 5) is 35.1. The number of nitrogens with two attached hydrogens (primary N) is 1. The van der Waals surface area contributed by atoms with Crippen LogP contribution in [0.15, 0.2) is 0 Å². The molecule has 2 unspecified atom stereocenters. The van der Waals surface area contributed by atoms with Crippen molar-refractivity contribution in [2.45, 2.75) is 40.0 Å². The van der Waals surface area contributed by atoms with Crippen LogP contribution in [0.4, 0.5) is 0 Å². The molecule has 0 saturated heterocycles. The van der Waals surface area contributed by atoms with Crippen molar-refractivity contribution in [1.29, 1.82) is 0 Å². The molecule has 0 heterocycles. The molecule has 0 aromatic rings. The number of quaternary nitrogens is 1. The molecule has 2 atom stereocenters. The van der Waals surface area contributed by atoms with Gasteiger partial charge in [0.15, 0.2) is 6.67 Å². The van der Waals surface area contributed by atoms with Gasteiger partial charge in [-0.25, -0.2) is 0 Å². The summed E-state index contributed by atoms with van der Waals surface area (Å²) >= 11 is 0. The summed E-state index contributed by atoms with van der Waals surface area (Å²) < 4.78 is 0.561. The minimum Gasteiger partial charge on any atom is -1.00 e. The van der Waals surface area contributed by atoms with Crippen LogP contribution in [0, 0.1) is 17.3 Å². The number of primary amides is 1. The Hall–Kier alpha value is -0.340. The number of hydrogen-bond donors (Lipinski definition) is 2. The van der Waals surface area contributed by atoms with E-state index < -0.39 is 29.1 Å². The van der Waals surface area contributed by atoms with E-state index in [2.05, 4.69) is 5.32 Å². The topological polar surface area (TPSA) is 112 Å². The largest absolute Gasteiger partial charge is 1.00 e. The standard InChI is InChI=1S/C16H31N3O4.ClH.Na/c1-7-11(13(17)20)8-12(14(21)22)9-16(2,3)15(23)18-10-19(4,5)6;;/h11-12H,7-10H2,1-6H3,(H3-,17,18,20,21,22,23);1H;/q;;+1/p-1. The van der Waals surface area contributed by atoms with Gasteiger partial charge in [-0.2, -0.15) is 0 Å². The van der Waals surface area contributed by atoms with Gasteiger partial charge in [0.25, 0.3) is 0 Å². The Balaban J connectivity index is -0.00000242. The summed E-state index contributed by atoms with van der Waals surface area (Å²) in [7, 11) is 5.82. The van der Waals surface area contributed by atoms with Crippen LogP contribution in [-0.2, 0) is 14.4 Å². The maximum atomic E-state index is 12.3. The van der Waals surface area contributed by atoms with Crippen LogP contribution in [0.25, 0.3) is 0 Å². The van der Waals surface area contributed by atoms with Crippen LogP contribution < -0.4 is 58.1 Å². The number of carboxylic acids is 1. The van der Waals surface area contributed by atoms with Gasteiger partial charge in [0.1, 0.15) is 0 Å². The summed E-state index contributed by atoms with van der Waals surface area (Å²) in [5, 5.41) is 14.2. The van der Waals surface area contributed by atoms with Crippen molar-refractivity contribution in [3.8, 4) is 0 Å². The molecule has 0 spiro atoms. The first-order valence-corrected chi connectivity index (χ1v) is 7.89. The van der Waals surface area contributed by atoms with Crippen molar-refractivity contribution < 1.29 is 65.9 Å². The third kappa shape index (κ3) is 11.8. The van der Waals surface area contributed by atoms with E-state index in [0.29, 0.717) is 17.6 Å². The number of carboxylic acid groups (broad SMARTS) is 1. The Bertz CT molecular complexity index is 453. The number of rotatable bonds is 10. The molecule has 25 heavy (non-hydrogen) atoms. The van der Waals surface area contributed by atoms with Gasteiger partial charge in [0.05, 0.1) is 21.1 Å². The predicted molar refractivity (Wildman–Crippen MR) is 85.5 cm³/mol. The Labute approximate surface area is 179 Å². The molecule has 0 radical (unpaired) electrons. The Kier molecular flexibility index (Phi) is 14.3. The number of aliphatic carboxylic acids is 1. The fourth-order valence-electron chi connectivity index (χ4n) is 2.35. The van der Waals surface area contributed by atoms with E-state index in [1.807, 2.05) is 21.1 Å².